The summed E-state index contributed by atoms with van der Waals surface area (Å²) < 4.78 is 3.43. The van der Waals surface area contributed by atoms with E-state index in [9.17, 15) is 9.59 Å². The molecule has 2 aromatic heterocycles. The van der Waals surface area contributed by atoms with Gasteiger partial charge in [0, 0.05) is 12.2 Å². The van der Waals surface area contributed by atoms with Crippen LogP contribution in [-0.2, 0) is 17.9 Å². The topological polar surface area (TPSA) is 68.9 Å². The van der Waals surface area contributed by atoms with Gasteiger partial charge in [-0.05, 0) is 43.7 Å². The fraction of sp³-hybridized carbons (Fsp3) is 0.381. The molecule has 3 rings (SSSR count). The number of para-hydroxylation sites is 1. The van der Waals surface area contributed by atoms with E-state index in [1.807, 2.05) is 38.3 Å². The minimum Gasteiger partial charge on any atom is -0.330 e. The predicted octanol–water partition coefficient (Wildman–Crippen LogP) is 4.48. The first kappa shape index (κ1) is 21.5. The van der Waals surface area contributed by atoms with Gasteiger partial charge >= 0.3 is 0 Å². The Labute approximate surface area is 179 Å². The summed E-state index contributed by atoms with van der Waals surface area (Å²) in [5.74, 6) is 0.0550. The van der Waals surface area contributed by atoms with Crippen molar-refractivity contribution in [1.29, 1.82) is 0 Å². The number of nitrogens with one attached hydrogen (secondary N) is 1. The zero-order valence-corrected chi connectivity index (χ0v) is 18.8. The summed E-state index contributed by atoms with van der Waals surface area (Å²) in [5.41, 5.74) is 3.22. The van der Waals surface area contributed by atoms with Crippen molar-refractivity contribution in [2.75, 3.05) is 11.6 Å². The highest BCUT2D eigenvalue weighted by Gasteiger charge is 2.19. The first-order chi connectivity index (χ1) is 13.7. The molecule has 8 heteroatoms. The molecule has 6 nitrogen and oxygen atoms in total. The fourth-order valence-electron chi connectivity index (χ4n) is 3.35. The summed E-state index contributed by atoms with van der Waals surface area (Å²) in [5, 5.41) is 4.04. The number of carbonyl (C=O) groups is 1. The lowest BCUT2D eigenvalue weighted by atomic mass is 10.2. The van der Waals surface area contributed by atoms with Crippen LogP contribution in [0, 0.1) is 19.8 Å². The smallest absolute Gasteiger partial charge is 0.278 e. The number of anilines is 1. The molecule has 1 amide bonds. The first-order valence-electron chi connectivity index (χ1n) is 9.42. The van der Waals surface area contributed by atoms with Gasteiger partial charge in [0.25, 0.3) is 5.56 Å². The average molecular weight is 433 g/mol. The van der Waals surface area contributed by atoms with Crippen molar-refractivity contribution in [3.8, 4) is 0 Å². The Morgan fingerprint density at radius 3 is 2.62 bits per heavy atom. The molecule has 29 heavy (non-hydrogen) atoms. The van der Waals surface area contributed by atoms with Crippen LogP contribution in [0.4, 0.5) is 5.69 Å². The van der Waals surface area contributed by atoms with Gasteiger partial charge in [-0.3, -0.25) is 14.2 Å². The quantitative estimate of drug-likeness (QED) is 0.460. The number of hydrogen-bond donors (Lipinski definition) is 1. The molecular weight excluding hydrogens is 408 g/mol. The molecule has 0 bridgehead atoms. The Morgan fingerprint density at radius 1 is 1.28 bits per heavy atom. The summed E-state index contributed by atoms with van der Waals surface area (Å²) in [7, 11) is 0. The van der Waals surface area contributed by atoms with Gasteiger partial charge < -0.3 is 9.88 Å². The van der Waals surface area contributed by atoms with Crippen molar-refractivity contribution in [2.45, 2.75) is 45.9 Å². The molecule has 0 aliphatic rings. The summed E-state index contributed by atoms with van der Waals surface area (Å²) in [6, 6.07) is 7.31. The van der Waals surface area contributed by atoms with E-state index in [0.29, 0.717) is 39.4 Å². The van der Waals surface area contributed by atoms with Crippen molar-refractivity contribution in [3.63, 3.8) is 0 Å². The second-order valence-corrected chi connectivity index (χ2v) is 8.67. The third kappa shape index (κ3) is 4.36. The van der Waals surface area contributed by atoms with Gasteiger partial charge in [0.05, 0.1) is 16.2 Å². The van der Waals surface area contributed by atoms with Gasteiger partial charge in [-0.25, -0.2) is 4.98 Å². The van der Waals surface area contributed by atoms with E-state index < -0.39 is 0 Å². The van der Waals surface area contributed by atoms with Gasteiger partial charge in [0.1, 0.15) is 12.1 Å². The van der Waals surface area contributed by atoms with E-state index in [4.69, 9.17) is 11.6 Å². The molecule has 1 aromatic carbocycles. The van der Waals surface area contributed by atoms with Crippen LogP contribution in [0.15, 0.2) is 34.2 Å². The molecule has 0 saturated heterocycles. The molecule has 3 aromatic rings. The van der Waals surface area contributed by atoms with E-state index in [-0.39, 0.29) is 18.0 Å². The number of thioether (sulfide) groups is 1. The molecule has 1 N–H and O–H groups in total. The molecule has 0 fully saturated rings. The molecule has 0 radical (unpaired) electrons. The summed E-state index contributed by atoms with van der Waals surface area (Å²) in [6.07, 6.45) is 1.91. The second-order valence-electron chi connectivity index (χ2n) is 7.49. The lowest BCUT2D eigenvalue weighted by Crippen LogP contribution is -2.28. The van der Waals surface area contributed by atoms with Crippen molar-refractivity contribution in [2.24, 2.45) is 5.92 Å². The number of nitrogens with zero attached hydrogens (tertiary/aromatic N) is 3. The van der Waals surface area contributed by atoms with E-state index in [1.165, 1.54) is 11.8 Å². The number of rotatable bonds is 6. The Bertz CT molecular complexity index is 1110. The monoisotopic (exact) mass is 432 g/mol. The van der Waals surface area contributed by atoms with Gasteiger partial charge in [-0.15, -0.1) is 0 Å². The average Bonchev–Trinajstić information content (AvgIpc) is 2.95. The highest BCUT2D eigenvalue weighted by molar-refractivity contribution is 7.98. The van der Waals surface area contributed by atoms with E-state index >= 15 is 0 Å². The summed E-state index contributed by atoms with van der Waals surface area (Å²) in [6.45, 7) is 8.47. The van der Waals surface area contributed by atoms with Crippen LogP contribution in [0.1, 0.15) is 25.1 Å². The maximum Gasteiger partial charge on any atom is 0.278 e. The number of carbonyl (C=O) groups excluding carboxylic acids is 1. The van der Waals surface area contributed by atoms with Crippen LogP contribution in [0.5, 0.6) is 0 Å². The third-order valence-corrected chi connectivity index (χ3v) is 5.69. The van der Waals surface area contributed by atoms with Crippen LogP contribution in [-0.4, -0.2) is 26.3 Å². The van der Waals surface area contributed by atoms with Gasteiger partial charge in [0.15, 0.2) is 5.16 Å². The maximum atomic E-state index is 13.3. The number of aromatic nitrogens is 3. The van der Waals surface area contributed by atoms with E-state index in [1.54, 1.807) is 15.2 Å². The molecule has 0 saturated carbocycles. The molecule has 0 aliphatic heterocycles. The number of aryl methyl sites for hydroxylation is 2. The SMILES string of the molecule is CSc1nc2cc(C)n(CC(=O)Nc3c(C)cccc3Cl)c2c(=O)n1CC(C)C. The van der Waals surface area contributed by atoms with Gasteiger partial charge in [0.2, 0.25) is 5.91 Å². The van der Waals surface area contributed by atoms with Crippen molar-refractivity contribution in [1.82, 2.24) is 14.1 Å². The Kier molecular flexibility index (Phi) is 6.39. The number of fused-ring (bicyclic) bond motifs is 1. The molecule has 0 atom stereocenters. The summed E-state index contributed by atoms with van der Waals surface area (Å²) in [4.78, 5) is 30.7. The lowest BCUT2D eigenvalue weighted by Gasteiger charge is -2.15. The van der Waals surface area contributed by atoms with Crippen LogP contribution in [0.25, 0.3) is 11.0 Å². The number of halogens is 1. The van der Waals surface area contributed by atoms with Crippen LogP contribution in [0.3, 0.4) is 0 Å². The van der Waals surface area contributed by atoms with Gasteiger partial charge in [-0.1, -0.05) is 49.3 Å². The van der Waals surface area contributed by atoms with Crippen molar-refractivity contribution in [3.05, 3.63) is 50.9 Å². The first-order valence-corrected chi connectivity index (χ1v) is 11.0. The fourth-order valence-corrected chi connectivity index (χ4v) is 4.18. The van der Waals surface area contributed by atoms with Crippen molar-refractivity contribution >= 4 is 46.0 Å². The number of hydrogen-bond acceptors (Lipinski definition) is 4. The zero-order chi connectivity index (χ0) is 21.3. The van der Waals surface area contributed by atoms with Gasteiger partial charge in [-0.2, -0.15) is 0 Å². The third-order valence-electron chi connectivity index (χ3n) is 4.70. The minimum atomic E-state index is -0.245. The zero-order valence-electron chi connectivity index (χ0n) is 17.2. The molecular formula is C21H25ClN4O2S. The predicted molar refractivity (Wildman–Crippen MR) is 120 cm³/mol. The number of amides is 1. The second kappa shape index (κ2) is 8.63. The van der Waals surface area contributed by atoms with Crippen LogP contribution < -0.4 is 10.9 Å². The maximum absolute atomic E-state index is 13.3. The standard InChI is InChI=1S/C21H25ClN4O2S/c1-12(2)10-26-20(28)19-16(23-21(26)29-5)9-14(4)25(19)11-17(27)24-18-13(3)7-6-8-15(18)22/h6-9,12H,10-11H2,1-5H3,(H,24,27). The Hall–Kier alpha value is -2.25. The van der Waals surface area contributed by atoms with Crippen LogP contribution >= 0.6 is 23.4 Å². The molecule has 154 valence electrons. The van der Waals surface area contributed by atoms with Crippen LogP contribution in [0.2, 0.25) is 5.02 Å². The highest BCUT2D eigenvalue weighted by atomic mass is 35.5. The molecule has 0 spiro atoms. The number of benzene rings is 1. The highest BCUT2D eigenvalue weighted by Crippen LogP contribution is 2.25. The lowest BCUT2D eigenvalue weighted by molar-refractivity contribution is -0.116. The minimum absolute atomic E-state index is 0.0111. The normalized spacial score (nSPS) is 11.4. The van der Waals surface area contributed by atoms with E-state index in [0.717, 1.165) is 11.3 Å². The van der Waals surface area contributed by atoms with Crippen molar-refractivity contribution < 1.29 is 4.79 Å². The summed E-state index contributed by atoms with van der Waals surface area (Å²) >= 11 is 7.67. The molecule has 2 heterocycles. The van der Waals surface area contributed by atoms with E-state index in [2.05, 4.69) is 24.1 Å². The molecule has 0 aliphatic carbocycles. The largest absolute Gasteiger partial charge is 0.330 e. The Balaban J connectivity index is 2.02. The molecule has 0 unspecified atom stereocenters. The Morgan fingerprint density at radius 2 is 2.00 bits per heavy atom.